The number of carbonyl (C=O) groups excluding carboxylic acids is 2. The number of sulfonamides is 1. The number of hydrogen-bond donors (Lipinski definition) is 2. The minimum Gasteiger partial charge on any atom is -0.350 e. The van der Waals surface area contributed by atoms with Gasteiger partial charge in [0.05, 0.1) is 17.9 Å². The summed E-state index contributed by atoms with van der Waals surface area (Å²) in [5, 5.41) is 11.8. The number of hydrogen-bond acceptors (Lipinski definition) is 5. The minimum absolute atomic E-state index is 0.0427. The zero-order valence-electron chi connectivity index (χ0n) is 17.8. The lowest BCUT2D eigenvalue weighted by Gasteiger charge is -2.33. The van der Waals surface area contributed by atoms with Crippen molar-refractivity contribution in [2.24, 2.45) is 5.92 Å². The summed E-state index contributed by atoms with van der Waals surface area (Å²) in [7, 11) is -3.33. The lowest BCUT2D eigenvalue weighted by molar-refractivity contribution is -0.139. The van der Waals surface area contributed by atoms with E-state index in [0.717, 1.165) is 43.9 Å². The topological polar surface area (TPSA) is 119 Å². The second kappa shape index (κ2) is 10.2. The molecule has 0 spiro atoms. The summed E-state index contributed by atoms with van der Waals surface area (Å²) in [5.74, 6) is -0.299. The van der Waals surface area contributed by atoms with E-state index in [1.165, 1.54) is 0 Å². The van der Waals surface area contributed by atoms with Gasteiger partial charge in [-0.05, 0) is 49.3 Å². The van der Waals surface area contributed by atoms with E-state index in [2.05, 4.69) is 16.1 Å². The molecular formula is C22H30N4O4S. The zero-order chi connectivity index (χ0) is 22.4. The molecule has 1 heterocycles. The number of carbonyl (C=O) groups is 2. The Labute approximate surface area is 184 Å². The standard InChI is InChI=1S/C22H30N4O4S/c1-31(29,30)25-19-6-3-2-5-18(19)13-21(27)26-12-4-7-20(26)22(28)24-15-17-10-8-16(14-23)9-11-17/h8-11,18-20,25H,2-7,12-13,15H2,1H3,(H,24,28)/t18-,19?,20+/m1/s1. The summed E-state index contributed by atoms with van der Waals surface area (Å²) in [5.41, 5.74) is 1.45. The van der Waals surface area contributed by atoms with Gasteiger partial charge in [-0.2, -0.15) is 5.26 Å². The Balaban J connectivity index is 1.57. The minimum atomic E-state index is -3.33. The van der Waals surface area contributed by atoms with Crippen LogP contribution in [-0.4, -0.2) is 50.0 Å². The van der Waals surface area contributed by atoms with Crippen molar-refractivity contribution in [3.8, 4) is 6.07 Å². The first-order valence-electron chi connectivity index (χ1n) is 10.8. The van der Waals surface area contributed by atoms with Crippen molar-refractivity contribution >= 4 is 21.8 Å². The van der Waals surface area contributed by atoms with Crippen molar-refractivity contribution in [1.82, 2.24) is 14.9 Å². The smallest absolute Gasteiger partial charge is 0.243 e. The zero-order valence-corrected chi connectivity index (χ0v) is 18.7. The second-order valence-corrected chi connectivity index (χ2v) is 10.3. The normalized spacial score (nSPS) is 23.9. The molecule has 1 saturated carbocycles. The van der Waals surface area contributed by atoms with Crippen LogP contribution in [0, 0.1) is 17.2 Å². The van der Waals surface area contributed by atoms with Crippen LogP contribution in [0.1, 0.15) is 56.1 Å². The first-order chi connectivity index (χ1) is 14.8. The van der Waals surface area contributed by atoms with Crippen molar-refractivity contribution in [3.05, 3.63) is 35.4 Å². The van der Waals surface area contributed by atoms with E-state index in [-0.39, 0.29) is 30.2 Å². The molecule has 2 N–H and O–H groups in total. The van der Waals surface area contributed by atoms with Crippen LogP contribution < -0.4 is 10.0 Å². The Morgan fingerprint density at radius 1 is 1.13 bits per heavy atom. The van der Waals surface area contributed by atoms with Gasteiger partial charge in [0.1, 0.15) is 6.04 Å². The Bertz CT molecular complexity index is 939. The molecule has 0 radical (unpaired) electrons. The number of nitrogens with zero attached hydrogens (tertiary/aromatic N) is 2. The average molecular weight is 447 g/mol. The molecule has 31 heavy (non-hydrogen) atoms. The number of benzene rings is 1. The van der Waals surface area contributed by atoms with Crippen molar-refractivity contribution < 1.29 is 18.0 Å². The van der Waals surface area contributed by atoms with E-state index >= 15 is 0 Å². The van der Waals surface area contributed by atoms with Gasteiger partial charge >= 0.3 is 0 Å². The fourth-order valence-corrected chi connectivity index (χ4v) is 5.43. The molecule has 9 heteroatoms. The van der Waals surface area contributed by atoms with Gasteiger partial charge in [0, 0.05) is 25.6 Å². The van der Waals surface area contributed by atoms with Gasteiger partial charge in [0.15, 0.2) is 0 Å². The van der Waals surface area contributed by atoms with Gasteiger partial charge in [-0.1, -0.05) is 25.0 Å². The maximum absolute atomic E-state index is 13.0. The van der Waals surface area contributed by atoms with Gasteiger partial charge in [-0.15, -0.1) is 0 Å². The second-order valence-electron chi connectivity index (χ2n) is 8.52. The summed E-state index contributed by atoms with van der Waals surface area (Å²) in [6.45, 7) is 0.886. The number of rotatable bonds is 7. The summed E-state index contributed by atoms with van der Waals surface area (Å²) in [6, 6.07) is 8.36. The van der Waals surface area contributed by atoms with Crippen molar-refractivity contribution in [2.75, 3.05) is 12.8 Å². The molecule has 1 aliphatic heterocycles. The molecule has 0 aromatic heterocycles. The Morgan fingerprint density at radius 2 is 1.84 bits per heavy atom. The molecule has 1 aliphatic carbocycles. The molecule has 2 aliphatic rings. The predicted molar refractivity (Wildman–Crippen MR) is 116 cm³/mol. The van der Waals surface area contributed by atoms with Crippen LogP contribution in [0.15, 0.2) is 24.3 Å². The third-order valence-corrected chi connectivity index (χ3v) is 6.87. The summed E-state index contributed by atoms with van der Waals surface area (Å²) in [6.07, 6.45) is 6.27. The maximum atomic E-state index is 13.0. The highest BCUT2D eigenvalue weighted by molar-refractivity contribution is 7.88. The van der Waals surface area contributed by atoms with Crippen LogP contribution in [0.4, 0.5) is 0 Å². The van der Waals surface area contributed by atoms with Crippen LogP contribution in [0.3, 0.4) is 0 Å². The quantitative estimate of drug-likeness (QED) is 0.660. The number of nitrogens with one attached hydrogen (secondary N) is 2. The number of nitriles is 1. The molecule has 168 valence electrons. The SMILES string of the molecule is CS(=O)(=O)NC1CCCC[C@@H]1CC(=O)N1CCC[C@H]1C(=O)NCc1ccc(C#N)cc1. The maximum Gasteiger partial charge on any atom is 0.243 e. The van der Waals surface area contributed by atoms with E-state index in [1.54, 1.807) is 29.2 Å². The Hall–Kier alpha value is -2.44. The predicted octanol–water partition coefficient (Wildman–Crippen LogP) is 1.66. The highest BCUT2D eigenvalue weighted by atomic mass is 32.2. The molecule has 1 unspecified atom stereocenters. The van der Waals surface area contributed by atoms with Gasteiger partial charge < -0.3 is 10.2 Å². The van der Waals surface area contributed by atoms with E-state index in [0.29, 0.717) is 25.1 Å². The molecule has 3 rings (SSSR count). The molecule has 1 aromatic rings. The highest BCUT2D eigenvalue weighted by Crippen LogP contribution is 2.29. The number of amides is 2. The fourth-order valence-electron chi connectivity index (χ4n) is 4.57. The number of likely N-dealkylation sites (tertiary alicyclic amines) is 1. The van der Waals surface area contributed by atoms with Crippen molar-refractivity contribution in [1.29, 1.82) is 5.26 Å². The molecule has 0 bridgehead atoms. The van der Waals surface area contributed by atoms with Crippen LogP contribution in [-0.2, 0) is 26.2 Å². The monoisotopic (exact) mass is 446 g/mol. The molecule has 2 fully saturated rings. The van der Waals surface area contributed by atoms with E-state index in [1.807, 2.05) is 0 Å². The van der Waals surface area contributed by atoms with Gasteiger partial charge in [-0.25, -0.2) is 13.1 Å². The van der Waals surface area contributed by atoms with E-state index in [9.17, 15) is 18.0 Å². The third kappa shape index (κ3) is 6.52. The lowest BCUT2D eigenvalue weighted by Crippen LogP contribution is -2.48. The van der Waals surface area contributed by atoms with Gasteiger partial charge in [-0.3, -0.25) is 9.59 Å². The first-order valence-corrected chi connectivity index (χ1v) is 12.7. The average Bonchev–Trinajstić information content (AvgIpc) is 3.23. The molecule has 1 saturated heterocycles. The Kier molecular flexibility index (Phi) is 7.68. The largest absolute Gasteiger partial charge is 0.350 e. The van der Waals surface area contributed by atoms with Crippen molar-refractivity contribution in [2.45, 2.75) is 63.6 Å². The first kappa shape index (κ1) is 23.2. The van der Waals surface area contributed by atoms with Crippen molar-refractivity contribution in [3.63, 3.8) is 0 Å². The molecule has 2 amide bonds. The summed E-state index contributed by atoms with van der Waals surface area (Å²) >= 11 is 0. The summed E-state index contributed by atoms with van der Waals surface area (Å²) in [4.78, 5) is 27.4. The van der Waals surface area contributed by atoms with E-state index in [4.69, 9.17) is 5.26 Å². The van der Waals surface area contributed by atoms with Crippen LogP contribution >= 0.6 is 0 Å². The molecule has 1 aromatic carbocycles. The van der Waals surface area contributed by atoms with E-state index < -0.39 is 16.1 Å². The molecule has 8 nitrogen and oxygen atoms in total. The summed E-state index contributed by atoms with van der Waals surface area (Å²) < 4.78 is 26.0. The molecule has 3 atom stereocenters. The Morgan fingerprint density at radius 3 is 2.52 bits per heavy atom. The molecular weight excluding hydrogens is 416 g/mol. The highest BCUT2D eigenvalue weighted by Gasteiger charge is 2.36. The van der Waals surface area contributed by atoms with Gasteiger partial charge in [0.2, 0.25) is 21.8 Å². The fraction of sp³-hybridized carbons (Fsp3) is 0.591. The lowest BCUT2D eigenvalue weighted by atomic mass is 9.82. The van der Waals surface area contributed by atoms with Crippen LogP contribution in [0.25, 0.3) is 0 Å². The van der Waals surface area contributed by atoms with Gasteiger partial charge in [0.25, 0.3) is 0 Å². The van der Waals surface area contributed by atoms with Crippen LogP contribution in [0.2, 0.25) is 0 Å². The van der Waals surface area contributed by atoms with Crippen LogP contribution in [0.5, 0.6) is 0 Å². The third-order valence-electron chi connectivity index (χ3n) is 6.14.